The van der Waals surface area contributed by atoms with Crippen LogP contribution in [0.2, 0.25) is 5.02 Å². The molecule has 7 heteroatoms. The molecule has 1 aromatic heterocycles. The fourth-order valence-electron chi connectivity index (χ4n) is 3.98. The largest absolute Gasteiger partial charge is 0.486 e. The number of aryl methyl sites for hydroxylation is 1. The van der Waals surface area contributed by atoms with Gasteiger partial charge in [-0.3, -0.25) is 4.79 Å². The molecule has 0 atom stereocenters. The summed E-state index contributed by atoms with van der Waals surface area (Å²) in [5.41, 5.74) is 5.15. The zero-order chi connectivity index (χ0) is 22.5. The highest BCUT2D eigenvalue weighted by atomic mass is 35.5. The van der Waals surface area contributed by atoms with Crippen molar-refractivity contribution in [2.45, 2.75) is 32.8 Å². The number of para-hydroxylation sites is 1. The van der Waals surface area contributed by atoms with Gasteiger partial charge in [0.1, 0.15) is 11.4 Å². The molecular formula is C25H23ClN4O2. The number of hydrogen-bond donors (Lipinski definition) is 3. The van der Waals surface area contributed by atoms with E-state index in [1.54, 1.807) is 6.07 Å². The highest BCUT2D eigenvalue weighted by Gasteiger charge is 2.36. The van der Waals surface area contributed by atoms with Gasteiger partial charge in [0.05, 0.1) is 27.3 Å². The summed E-state index contributed by atoms with van der Waals surface area (Å²) in [5, 5.41) is 6.80. The maximum absolute atomic E-state index is 13.2. The zero-order valence-electron chi connectivity index (χ0n) is 18.0. The van der Waals surface area contributed by atoms with E-state index in [1.165, 1.54) is 0 Å². The predicted molar refractivity (Wildman–Crippen MR) is 128 cm³/mol. The predicted octanol–water partition coefficient (Wildman–Crippen LogP) is 6.23. The minimum atomic E-state index is -0.420. The highest BCUT2D eigenvalue weighted by Crippen LogP contribution is 2.42. The topological polar surface area (TPSA) is 79.0 Å². The molecule has 0 radical (unpaired) electrons. The number of halogens is 1. The molecule has 2 heterocycles. The highest BCUT2D eigenvalue weighted by molar-refractivity contribution is 6.33. The van der Waals surface area contributed by atoms with Crippen molar-refractivity contribution in [3.8, 4) is 5.75 Å². The molecule has 6 nitrogen and oxygen atoms in total. The number of anilines is 3. The molecule has 1 aliphatic heterocycles. The Kier molecular flexibility index (Phi) is 4.82. The van der Waals surface area contributed by atoms with Crippen molar-refractivity contribution in [3.63, 3.8) is 0 Å². The minimum Gasteiger partial charge on any atom is -0.486 e. The molecule has 1 aliphatic rings. The fourth-order valence-corrected chi connectivity index (χ4v) is 4.16. The van der Waals surface area contributed by atoms with Crippen LogP contribution in [0.3, 0.4) is 0 Å². The molecule has 0 unspecified atom stereocenters. The van der Waals surface area contributed by atoms with Crippen LogP contribution in [0.25, 0.3) is 11.0 Å². The summed E-state index contributed by atoms with van der Waals surface area (Å²) < 4.78 is 6.21. The second kappa shape index (κ2) is 7.57. The molecule has 1 amide bonds. The van der Waals surface area contributed by atoms with Gasteiger partial charge in [-0.1, -0.05) is 41.4 Å². The summed E-state index contributed by atoms with van der Waals surface area (Å²) in [5.74, 6) is 0.921. The van der Waals surface area contributed by atoms with Crippen LogP contribution in [0.1, 0.15) is 35.3 Å². The van der Waals surface area contributed by atoms with E-state index in [2.05, 4.69) is 20.6 Å². The van der Waals surface area contributed by atoms with Gasteiger partial charge in [0.15, 0.2) is 0 Å². The first kappa shape index (κ1) is 20.4. The number of rotatable bonds is 4. The Morgan fingerprint density at radius 2 is 1.91 bits per heavy atom. The SMILES string of the molecule is Cc1ccc(NC(=O)c2cc3nc(Nc4ccccc4Cl)[nH]c3c3c2OC(C)(C)C3)cc1. The van der Waals surface area contributed by atoms with E-state index in [-0.39, 0.29) is 5.91 Å². The van der Waals surface area contributed by atoms with Gasteiger partial charge < -0.3 is 20.4 Å². The molecule has 5 rings (SSSR count). The molecule has 0 saturated carbocycles. The number of fused-ring (bicyclic) bond motifs is 3. The smallest absolute Gasteiger partial charge is 0.259 e. The van der Waals surface area contributed by atoms with E-state index in [0.29, 0.717) is 34.2 Å². The fraction of sp³-hybridized carbons (Fsp3) is 0.200. The van der Waals surface area contributed by atoms with Crippen LogP contribution < -0.4 is 15.4 Å². The van der Waals surface area contributed by atoms with Crippen LogP contribution >= 0.6 is 11.6 Å². The molecule has 3 aromatic carbocycles. The minimum absolute atomic E-state index is 0.228. The Morgan fingerprint density at radius 1 is 1.16 bits per heavy atom. The molecule has 162 valence electrons. The maximum Gasteiger partial charge on any atom is 0.259 e. The van der Waals surface area contributed by atoms with Gasteiger partial charge in [0, 0.05) is 17.7 Å². The quantitative estimate of drug-likeness (QED) is 0.347. The van der Waals surface area contributed by atoms with Gasteiger partial charge in [-0.05, 0) is 51.1 Å². The Morgan fingerprint density at radius 3 is 2.66 bits per heavy atom. The van der Waals surface area contributed by atoms with Crippen molar-refractivity contribution in [2.24, 2.45) is 0 Å². The number of ether oxygens (including phenoxy) is 1. The molecule has 4 aromatic rings. The van der Waals surface area contributed by atoms with Crippen molar-refractivity contribution < 1.29 is 9.53 Å². The summed E-state index contributed by atoms with van der Waals surface area (Å²) in [6.07, 6.45) is 0.665. The van der Waals surface area contributed by atoms with Crippen LogP contribution in [0.15, 0.2) is 54.6 Å². The second-order valence-corrected chi connectivity index (χ2v) is 9.08. The van der Waals surface area contributed by atoms with Gasteiger partial charge in [-0.15, -0.1) is 0 Å². The third kappa shape index (κ3) is 3.78. The molecule has 0 bridgehead atoms. The third-order valence-corrected chi connectivity index (χ3v) is 5.82. The van der Waals surface area contributed by atoms with E-state index in [1.807, 2.05) is 69.3 Å². The number of amides is 1. The number of carbonyl (C=O) groups is 1. The molecule has 0 spiro atoms. The van der Waals surface area contributed by atoms with Crippen molar-refractivity contribution in [2.75, 3.05) is 10.6 Å². The van der Waals surface area contributed by atoms with Crippen molar-refractivity contribution in [1.29, 1.82) is 0 Å². The van der Waals surface area contributed by atoms with E-state index >= 15 is 0 Å². The lowest BCUT2D eigenvalue weighted by Gasteiger charge is -2.18. The van der Waals surface area contributed by atoms with Gasteiger partial charge in [0.2, 0.25) is 5.95 Å². The number of H-pyrrole nitrogens is 1. The van der Waals surface area contributed by atoms with Crippen LogP contribution in [-0.4, -0.2) is 21.5 Å². The van der Waals surface area contributed by atoms with E-state index in [0.717, 1.165) is 28.0 Å². The summed E-state index contributed by atoms with van der Waals surface area (Å²) in [4.78, 5) is 21.2. The van der Waals surface area contributed by atoms with Crippen molar-refractivity contribution in [3.05, 3.63) is 76.3 Å². The first-order chi connectivity index (χ1) is 15.3. The normalized spacial score (nSPS) is 14.1. The molecular weight excluding hydrogens is 424 g/mol. The van der Waals surface area contributed by atoms with Gasteiger partial charge in [-0.25, -0.2) is 4.98 Å². The van der Waals surface area contributed by atoms with Crippen LogP contribution in [0.5, 0.6) is 5.75 Å². The van der Waals surface area contributed by atoms with Crippen LogP contribution in [0.4, 0.5) is 17.3 Å². The summed E-state index contributed by atoms with van der Waals surface area (Å²) in [6, 6.07) is 16.9. The molecule has 0 fully saturated rings. The number of hydrogen-bond acceptors (Lipinski definition) is 4. The summed E-state index contributed by atoms with van der Waals surface area (Å²) in [6.45, 7) is 6.04. The number of benzene rings is 3. The number of aromatic amines is 1. The lowest BCUT2D eigenvalue weighted by molar-refractivity contribution is 0.101. The van der Waals surface area contributed by atoms with E-state index in [4.69, 9.17) is 16.3 Å². The number of nitrogens with zero attached hydrogens (tertiary/aromatic N) is 1. The Bertz CT molecular complexity index is 1340. The standard InChI is InChI=1S/C25H23ClN4O2/c1-14-8-10-15(11-9-14)27-23(31)16-12-20-21(17-13-25(2,3)32-22(16)17)30-24(29-20)28-19-7-5-4-6-18(19)26/h4-12H,13H2,1-3H3,(H,27,31)(H2,28,29,30). The first-order valence-electron chi connectivity index (χ1n) is 10.4. The van der Waals surface area contributed by atoms with Crippen molar-refractivity contribution >= 4 is 45.9 Å². The average molecular weight is 447 g/mol. The van der Waals surface area contributed by atoms with Gasteiger partial charge in [0.25, 0.3) is 5.91 Å². The maximum atomic E-state index is 13.2. The zero-order valence-corrected chi connectivity index (χ0v) is 18.8. The Hall–Kier alpha value is -3.51. The molecule has 0 aliphatic carbocycles. The van der Waals surface area contributed by atoms with Gasteiger partial charge in [-0.2, -0.15) is 0 Å². The molecule has 0 saturated heterocycles. The van der Waals surface area contributed by atoms with E-state index < -0.39 is 5.60 Å². The summed E-state index contributed by atoms with van der Waals surface area (Å²) >= 11 is 6.28. The lowest BCUT2D eigenvalue weighted by Crippen LogP contribution is -2.25. The van der Waals surface area contributed by atoms with Crippen molar-refractivity contribution in [1.82, 2.24) is 9.97 Å². The van der Waals surface area contributed by atoms with Crippen LogP contribution in [0, 0.1) is 6.92 Å². The molecule has 32 heavy (non-hydrogen) atoms. The Labute approximate surface area is 191 Å². The monoisotopic (exact) mass is 446 g/mol. The third-order valence-electron chi connectivity index (χ3n) is 5.50. The number of imidazole rings is 1. The number of nitrogens with one attached hydrogen (secondary N) is 3. The molecule has 3 N–H and O–H groups in total. The number of aromatic nitrogens is 2. The van der Waals surface area contributed by atoms with Crippen LogP contribution in [-0.2, 0) is 6.42 Å². The number of carbonyl (C=O) groups excluding carboxylic acids is 1. The second-order valence-electron chi connectivity index (χ2n) is 8.67. The lowest BCUT2D eigenvalue weighted by atomic mass is 9.98. The van der Waals surface area contributed by atoms with Gasteiger partial charge >= 0.3 is 0 Å². The average Bonchev–Trinajstić information content (AvgIpc) is 3.29. The Balaban J connectivity index is 1.55. The first-order valence-corrected chi connectivity index (χ1v) is 10.8. The van der Waals surface area contributed by atoms with E-state index in [9.17, 15) is 4.79 Å². The summed E-state index contributed by atoms with van der Waals surface area (Å²) in [7, 11) is 0.